The topological polar surface area (TPSA) is 78.9 Å². The maximum atomic E-state index is 13.0. The highest BCUT2D eigenvalue weighted by Gasteiger charge is 2.19. The zero-order valence-corrected chi connectivity index (χ0v) is 53.9. The number of carbonyl (C=O) groups excluding carboxylic acids is 3. The molecule has 1 unspecified atom stereocenters. The molecule has 0 aromatic carbocycles. The van der Waals surface area contributed by atoms with Gasteiger partial charge in [0.15, 0.2) is 6.10 Å². The third-order valence-electron chi connectivity index (χ3n) is 14.4. The zero-order chi connectivity index (χ0) is 59.9. The molecule has 0 aliphatic carbocycles. The zero-order valence-electron chi connectivity index (χ0n) is 53.9. The van der Waals surface area contributed by atoms with E-state index in [2.05, 4.69) is 161 Å². The summed E-state index contributed by atoms with van der Waals surface area (Å²) in [7, 11) is 0. The largest absolute Gasteiger partial charge is 0.462 e. The number of esters is 3. The first-order valence-electron chi connectivity index (χ1n) is 34.3. The lowest BCUT2D eigenvalue weighted by molar-refractivity contribution is -0.166. The molecule has 0 spiro atoms. The molecule has 0 heterocycles. The maximum Gasteiger partial charge on any atom is 0.306 e. The van der Waals surface area contributed by atoms with Crippen LogP contribution in [0.15, 0.2) is 146 Å². The monoisotopic (exact) mass is 1150 g/mol. The minimum absolute atomic E-state index is 0.112. The van der Waals surface area contributed by atoms with E-state index in [-0.39, 0.29) is 37.5 Å². The van der Waals surface area contributed by atoms with Gasteiger partial charge in [-0.15, -0.1) is 0 Å². The summed E-state index contributed by atoms with van der Waals surface area (Å²) in [5, 5.41) is 0. The molecule has 6 nitrogen and oxygen atoms in total. The second-order valence-electron chi connectivity index (χ2n) is 22.3. The number of unbranched alkanes of at least 4 members (excludes halogenated alkanes) is 26. The molecule has 0 aliphatic heterocycles. The molecule has 0 amide bonds. The Kier molecular flexibility index (Phi) is 65.8. The molecule has 0 bridgehead atoms. The van der Waals surface area contributed by atoms with Crippen LogP contribution in [-0.2, 0) is 28.6 Å². The van der Waals surface area contributed by atoms with Gasteiger partial charge in [-0.25, -0.2) is 0 Å². The Bertz CT molecular complexity index is 1800. The number of allylic oxidation sites excluding steroid dienone is 24. The highest BCUT2D eigenvalue weighted by molar-refractivity contribution is 5.71. The molecule has 0 fully saturated rings. The molecular weight excluding hydrogens is 1020 g/mol. The van der Waals surface area contributed by atoms with Gasteiger partial charge in [0.25, 0.3) is 0 Å². The van der Waals surface area contributed by atoms with Crippen LogP contribution in [0.5, 0.6) is 0 Å². The average Bonchev–Trinajstić information content (AvgIpc) is 3.50. The summed E-state index contributed by atoms with van der Waals surface area (Å²) in [6.07, 6.45) is 100. The number of hydrogen-bond donors (Lipinski definition) is 0. The Morgan fingerprint density at radius 2 is 0.494 bits per heavy atom. The Balaban J connectivity index is 4.50. The third kappa shape index (κ3) is 68.0. The van der Waals surface area contributed by atoms with Crippen LogP contribution in [0.4, 0.5) is 0 Å². The van der Waals surface area contributed by atoms with Crippen LogP contribution >= 0.6 is 0 Å². The van der Waals surface area contributed by atoms with Gasteiger partial charge in [-0.05, 0) is 109 Å². The van der Waals surface area contributed by atoms with Crippen molar-refractivity contribution < 1.29 is 28.6 Å². The van der Waals surface area contributed by atoms with Gasteiger partial charge >= 0.3 is 17.9 Å². The molecule has 0 aromatic rings. The Hall–Kier alpha value is -4.71. The normalized spacial score (nSPS) is 13.0. The highest BCUT2D eigenvalue weighted by atomic mass is 16.6. The first-order chi connectivity index (χ1) is 41.0. The van der Waals surface area contributed by atoms with Crippen LogP contribution in [0, 0.1) is 0 Å². The maximum absolute atomic E-state index is 13.0. The van der Waals surface area contributed by atoms with Gasteiger partial charge < -0.3 is 14.2 Å². The van der Waals surface area contributed by atoms with Crippen molar-refractivity contribution in [3.63, 3.8) is 0 Å². The van der Waals surface area contributed by atoms with Crippen molar-refractivity contribution in [3.8, 4) is 0 Å². The standard InChI is InChI=1S/C77H126O6/c1-4-7-10-13-16-19-22-25-28-31-34-36-37-38-39-41-43-46-49-52-55-58-61-64-67-70-76(79)82-73-74(72-81-75(78)69-66-63-60-57-54-51-48-45-42-33-30-27-24-21-18-15-12-9-6-3)83-77(80)71-68-65-62-59-56-53-50-47-44-40-35-32-29-26-23-20-17-14-11-8-5-2/h7,9-10,12,16,18-19,21,25,27-28,30,34,36,38-39,42-43,45-46,51,54,60,63,74H,4-6,8,11,13-15,17,20,22-24,26,29,31-33,35,37,40-41,44,47-50,52-53,55-59,61-62,64-73H2,1-3H3/b10-7-,12-9-,19-16-,21-18-,28-25-,30-27-,36-34-,39-38-,45-42-,46-43-,54-51-,63-60-. The van der Waals surface area contributed by atoms with E-state index in [0.29, 0.717) is 19.3 Å². The second kappa shape index (κ2) is 69.8. The van der Waals surface area contributed by atoms with Crippen LogP contribution in [0.2, 0.25) is 0 Å². The Morgan fingerprint density at radius 3 is 0.807 bits per heavy atom. The molecular formula is C77H126O6. The molecule has 0 aliphatic rings. The van der Waals surface area contributed by atoms with Gasteiger partial charge in [0, 0.05) is 19.3 Å². The molecule has 6 heteroatoms. The molecule has 0 N–H and O–H groups in total. The predicted octanol–water partition coefficient (Wildman–Crippen LogP) is 23.9. The molecule has 83 heavy (non-hydrogen) atoms. The minimum atomic E-state index is -0.822. The number of carbonyl (C=O) groups is 3. The Morgan fingerprint density at radius 1 is 0.253 bits per heavy atom. The van der Waals surface area contributed by atoms with Gasteiger partial charge in [-0.1, -0.05) is 321 Å². The third-order valence-corrected chi connectivity index (χ3v) is 14.4. The lowest BCUT2D eigenvalue weighted by Crippen LogP contribution is -2.30. The van der Waals surface area contributed by atoms with Crippen molar-refractivity contribution in [2.24, 2.45) is 0 Å². The van der Waals surface area contributed by atoms with Crippen LogP contribution in [0.25, 0.3) is 0 Å². The fourth-order valence-electron chi connectivity index (χ4n) is 9.30. The lowest BCUT2D eigenvalue weighted by Gasteiger charge is -2.18. The molecule has 0 saturated carbocycles. The van der Waals surface area contributed by atoms with Crippen molar-refractivity contribution >= 4 is 17.9 Å². The quantitative estimate of drug-likeness (QED) is 0.0261. The van der Waals surface area contributed by atoms with Crippen LogP contribution in [0.3, 0.4) is 0 Å². The van der Waals surface area contributed by atoms with E-state index in [0.717, 1.165) is 128 Å². The van der Waals surface area contributed by atoms with E-state index >= 15 is 0 Å². The van der Waals surface area contributed by atoms with Crippen LogP contribution in [0.1, 0.15) is 303 Å². The van der Waals surface area contributed by atoms with Crippen LogP contribution < -0.4 is 0 Å². The predicted molar refractivity (Wildman–Crippen MR) is 362 cm³/mol. The first kappa shape index (κ1) is 78.3. The van der Waals surface area contributed by atoms with Gasteiger partial charge in [-0.2, -0.15) is 0 Å². The molecule has 0 rings (SSSR count). The summed E-state index contributed by atoms with van der Waals surface area (Å²) < 4.78 is 16.9. The minimum Gasteiger partial charge on any atom is -0.462 e. The Labute approximate surface area is 512 Å². The van der Waals surface area contributed by atoms with E-state index < -0.39 is 6.10 Å². The van der Waals surface area contributed by atoms with Crippen molar-refractivity contribution in [3.05, 3.63) is 146 Å². The SMILES string of the molecule is CC/C=C\C/C=C\C/C=C\C/C=C\C/C=C\C/C=C\CCCCCCCCC(=O)OCC(COC(=O)CC/C=C\C/C=C\C/C=C\C/C=C\C/C=C\C/C=C\CC)OC(=O)CCCCCCCCCCCCCCCCCCCCCCC. The summed E-state index contributed by atoms with van der Waals surface area (Å²) in [5.41, 5.74) is 0. The number of hydrogen-bond acceptors (Lipinski definition) is 6. The van der Waals surface area contributed by atoms with Gasteiger partial charge in [0.05, 0.1) is 0 Å². The molecule has 0 aromatic heterocycles. The van der Waals surface area contributed by atoms with Crippen molar-refractivity contribution in [1.29, 1.82) is 0 Å². The van der Waals surface area contributed by atoms with Gasteiger partial charge in [0.1, 0.15) is 13.2 Å². The van der Waals surface area contributed by atoms with E-state index in [1.807, 2.05) is 6.08 Å². The molecule has 470 valence electrons. The average molecular weight is 1150 g/mol. The summed E-state index contributed by atoms with van der Waals surface area (Å²) in [5.74, 6) is -1.01. The lowest BCUT2D eigenvalue weighted by atomic mass is 10.0. The summed E-state index contributed by atoms with van der Waals surface area (Å²) in [4.78, 5) is 38.4. The van der Waals surface area contributed by atoms with Crippen molar-refractivity contribution in [2.75, 3.05) is 13.2 Å². The number of ether oxygens (including phenoxy) is 3. The van der Waals surface area contributed by atoms with Crippen molar-refractivity contribution in [2.45, 2.75) is 309 Å². The smallest absolute Gasteiger partial charge is 0.306 e. The fraction of sp³-hybridized carbons (Fsp3) is 0.649. The molecule has 0 saturated heterocycles. The van der Waals surface area contributed by atoms with E-state index in [1.54, 1.807) is 0 Å². The van der Waals surface area contributed by atoms with Gasteiger partial charge in [-0.3, -0.25) is 14.4 Å². The number of rotatable bonds is 61. The summed E-state index contributed by atoms with van der Waals surface area (Å²) >= 11 is 0. The van der Waals surface area contributed by atoms with E-state index in [4.69, 9.17) is 14.2 Å². The summed E-state index contributed by atoms with van der Waals surface area (Å²) in [6.45, 7) is 6.36. The highest BCUT2D eigenvalue weighted by Crippen LogP contribution is 2.17. The van der Waals surface area contributed by atoms with Crippen LogP contribution in [-0.4, -0.2) is 37.2 Å². The fourth-order valence-corrected chi connectivity index (χ4v) is 9.30. The molecule has 0 radical (unpaired) electrons. The first-order valence-corrected chi connectivity index (χ1v) is 34.3. The summed E-state index contributed by atoms with van der Waals surface area (Å²) in [6, 6.07) is 0. The van der Waals surface area contributed by atoms with Gasteiger partial charge in [0.2, 0.25) is 0 Å². The van der Waals surface area contributed by atoms with E-state index in [9.17, 15) is 14.4 Å². The second-order valence-corrected chi connectivity index (χ2v) is 22.3. The molecule has 1 atom stereocenters. The van der Waals surface area contributed by atoms with E-state index in [1.165, 1.54) is 128 Å². The van der Waals surface area contributed by atoms with Crippen molar-refractivity contribution in [1.82, 2.24) is 0 Å².